The highest BCUT2D eigenvalue weighted by atomic mass is 16.5. The Morgan fingerprint density at radius 2 is 2.04 bits per heavy atom. The van der Waals surface area contributed by atoms with Crippen LogP contribution < -0.4 is 10.6 Å². The first-order valence-corrected chi connectivity index (χ1v) is 8.16. The predicted molar refractivity (Wildman–Crippen MR) is 92.7 cm³/mol. The standard InChI is InChI=1S/C17H18N4O4/c1-2-24-16(22)15-11(18)7-10-8-13-14(9-12(10)19-15)25-17(20-13)21-3-5-23-6-4-21/h7-9H,2-6,18H2,1H3. The Labute approximate surface area is 143 Å². The maximum absolute atomic E-state index is 12.0. The van der Waals surface area contributed by atoms with Crippen molar-refractivity contribution < 1.29 is 18.7 Å². The number of anilines is 2. The number of nitrogen functional groups attached to an aromatic ring is 1. The molecule has 0 bridgehead atoms. The van der Waals surface area contributed by atoms with Crippen molar-refractivity contribution in [1.29, 1.82) is 0 Å². The van der Waals surface area contributed by atoms with Crippen molar-refractivity contribution in [3.8, 4) is 0 Å². The van der Waals surface area contributed by atoms with E-state index in [2.05, 4.69) is 9.97 Å². The molecule has 2 aromatic heterocycles. The Morgan fingerprint density at radius 1 is 1.24 bits per heavy atom. The molecular weight excluding hydrogens is 324 g/mol. The van der Waals surface area contributed by atoms with Crippen LogP contribution in [0.4, 0.5) is 11.7 Å². The fraction of sp³-hybridized carbons (Fsp3) is 0.353. The van der Waals surface area contributed by atoms with Crippen LogP contribution in [-0.2, 0) is 9.47 Å². The van der Waals surface area contributed by atoms with Crippen LogP contribution in [0.2, 0.25) is 0 Å². The average molecular weight is 342 g/mol. The third-order valence-corrected chi connectivity index (χ3v) is 4.09. The number of hydrogen-bond acceptors (Lipinski definition) is 8. The quantitative estimate of drug-likeness (QED) is 0.721. The molecule has 1 fully saturated rings. The summed E-state index contributed by atoms with van der Waals surface area (Å²) < 4.78 is 16.2. The molecule has 0 aliphatic carbocycles. The number of morpholine rings is 1. The highest BCUT2D eigenvalue weighted by molar-refractivity contribution is 6.00. The Hall–Kier alpha value is -2.87. The molecule has 0 atom stereocenters. The molecule has 2 N–H and O–H groups in total. The number of hydrogen-bond donors (Lipinski definition) is 1. The molecule has 4 rings (SSSR count). The molecule has 1 aliphatic heterocycles. The van der Waals surface area contributed by atoms with Gasteiger partial charge in [-0.1, -0.05) is 0 Å². The molecule has 3 aromatic rings. The summed E-state index contributed by atoms with van der Waals surface area (Å²) in [7, 11) is 0. The summed E-state index contributed by atoms with van der Waals surface area (Å²) in [6.45, 7) is 4.79. The van der Waals surface area contributed by atoms with Gasteiger partial charge in [0.05, 0.1) is 31.0 Å². The van der Waals surface area contributed by atoms with Crippen molar-refractivity contribution in [2.24, 2.45) is 0 Å². The summed E-state index contributed by atoms with van der Waals surface area (Å²) in [5.41, 5.74) is 8.29. The van der Waals surface area contributed by atoms with Crippen molar-refractivity contribution in [3.05, 3.63) is 23.9 Å². The highest BCUT2D eigenvalue weighted by Gasteiger charge is 2.19. The van der Waals surface area contributed by atoms with Gasteiger partial charge in [0.1, 0.15) is 5.52 Å². The van der Waals surface area contributed by atoms with E-state index in [0.717, 1.165) is 24.0 Å². The van der Waals surface area contributed by atoms with Gasteiger partial charge < -0.3 is 24.5 Å². The van der Waals surface area contributed by atoms with Crippen LogP contribution in [0, 0.1) is 0 Å². The van der Waals surface area contributed by atoms with Crippen molar-refractivity contribution in [2.75, 3.05) is 43.5 Å². The van der Waals surface area contributed by atoms with Gasteiger partial charge in [-0.05, 0) is 19.1 Å². The summed E-state index contributed by atoms with van der Waals surface area (Å²) in [5, 5.41) is 0.792. The maximum Gasteiger partial charge on any atom is 0.359 e. The number of nitrogens with zero attached hydrogens (tertiary/aromatic N) is 3. The van der Waals surface area contributed by atoms with Crippen LogP contribution in [0.1, 0.15) is 17.4 Å². The zero-order chi connectivity index (χ0) is 17.4. The molecule has 3 heterocycles. The van der Waals surface area contributed by atoms with Crippen LogP contribution in [0.15, 0.2) is 22.6 Å². The van der Waals surface area contributed by atoms with Crippen molar-refractivity contribution in [1.82, 2.24) is 9.97 Å². The number of oxazole rings is 1. The fourth-order valence-electron chi connectivity index (χ4n) is 2.85. The topological polar surface area (TPSA) is 104 Å². The van der Waals surface area contributed by atoms with Crippen molar-refractivity contribution in [3.63, 3.8) is 0 Å². The first kappa shape index (κ1) is 15.6. The molecule has 0 amide bonds. The molecule has 0 spiro atoms. The van der Waals surface area contributed by atoms with Crippen LogP contribution in [0.5, 0.6) is 0 Å². The van der Waals surface area contributed by atoms with Gasteiger partial charge in [0.25, 0.3) is 6.01 Å². The molecule has 1 aromatic carbocycles. The number of aromatic nitrogens is 2. The molecule has 8 heteroatoms. The second-order valence-electron chi connectivity index (χ2n) is 5.76. The lowest BCUT2D eigenvalue weighted by Gasteiger charge is -2.24. The van der Waals surface area contributed by atoms with Gasteiger partial charge in [-0.3, -0.25) is 0 Å². The van der Waals surface area contributed by atoms with Crippen LogP contribution >= 0.6 is 0 Å². The number of carbonyl (C=O) groups excluding carboxylic acids is 1. The van der Waals surface area contributed by atoms with Gasteiger partial charge in [-0.2, -0.15) is 4.98 Å². The van der Waals surface area contributed by atoms with E-state index < -0.39 is 5.97 Å². The number of benzene rings is 1. The van der Waals surface area contributed by atoms with E-state index in [-0.39, 0.29) is 18.0 Å². The zero-order valence-corrected chi connectivity index (χ0v) is 13.8. The summed E-state index contributed by atoms with van der Waals surface area (Å²) >= 11 is 0. The van der Waals surface area contributed by atoms with Crippen LogP contribution in [0.25, 0.3) is 22.0 Å². The van der Waals surface area contributed by atoms with E-state index in [4.69, 9.17) is 19.6 Å². The summed E-state index contributed by atoms with van der Waals surface area (Å²) in [5.74, 6) is -0.534. The van der Waals surface area contributed by atoms with E-state index in [1.165, 1.54) is 0 Å². The Morgan fingerprint density at radius 3 is 2.80 bits per heavy atom. The van der Waals surface area contributed by atoms with Crippen LogP contribution in [0.3, 0.4) is 0 Å². The molecule has 130 valence electrons. The minimum atomic E-state index is -0.534. The second kappa shape index (κ2) is 6.21. The molecule has 0 radical (unpaired) electrons. The number of carbonyl (C=O) groups is 1. The first-order valence-electron chi connectivity index (χ1n) is 8.16. The zero-order valence-electron chi connectivity index (χ0n) is 13.8. The number of esters is 1. The minimum absolute atomic E-state index is 0.113. The summed E-state index contributed by atoms with van der Waals surface area (Å²) in [4.78, 5) is 22.9. The third kappa shape index (κ3) is 2.85. The molecule has 1 saturated heterocycles. The lowest BCUT2D eigenvalue weighted by molar-refractivity contribution is 0.0521. The Balaban J connectivity index is 1.78. The van der Waals surface area contributed by atoms with E-state index in [1.54, 1.807) is 19.1 Å². The van der Waals surface area contributed by atoms with Gasteiger partial charge in [0.2, 0.25) is 0 Å². The SMILES string of the molecule is CCOC(=O)c1nc2cc3oc(N4CCOCC4)nc3cc2cc1N. The number of pyridine rings is 1. The highest BCUT2D eigenvalue weighted by Crippen LogP contribution is 2.28. The number of nitrogens with two attached hydrogens (primary N) is 1. The van der Waals surface area contributed by atoms with Crippen LogP contribution in [-0.4, -0.2) is 48.8 Å². The molecule has 8 nitrogen and oxygen atoms in total. The molecule has 0 saturated carbocycles. The summed E-state index contributed by atoms with van der Waals surface area (Å²) in [6, 6.07) is 5.89. The van der Waals surface area contributed by atoms with Gasteiger partial charge in [0.15, 0.2) is 11.3 Å². The molecule has 25 heavy (non-hydrogen) atoms. The first-order chi connectivity index (χ1) is 12.2. The average Bonchev–Trinajstić information content (AvgIpc) is 3.03. The third-order valence-electron chi connectivity index (χ3n) is 4.09. The fourth-order valence-corrected chi connectivity index (χ4v) is 2.85. The number of fused-ring (bicyclic) bond motifs is 2. The molecule has 0 unspecified atom stereocenters. The van der Waals surface area contributed by atoms with E-state index in [0.29, 0.717) is 30.3 Å². The van der Waals surface area contributed by atoms with Gasteiger partial charge >= 0.3 is 5.97 Å². The predicted octanol–water partition coefficient (Wildman–Crippen LogP) is 1.97. The number of rotatable bonds is 3. The second-order valence-corrected chi connectivity index (χ2v) is 5.76. The summed E-state index contributed by atoms with van der Waals surface area (Å²) in [6.07, 6.45) is 0. The lowest BCUT2D eigenvalue weighted by atomic mass is 10.1. The largest absolute Gasteiger partial charge is 0.461 e. The van der Waals surface area contributed by atoms with Gasteiger partial charge in [0, 0.05) is 24.5 Å². The smallest absolute Gasteiger partial charge is 0.359 e. The maximum atomic E-state index is 12.0. The van der Waals surface area contributed by atoms with Gasteiger partial charge in [-0.25, -0.2) is 9.78 Å². The molecular formula is C17H18N4O4. The minimum Gasteiger partial charge on any atom is -0.461 e. The lowest BCUT2D eigenvalue weighted by Crippen LogP contribution is -2.36. The Kier molecular flexibility index (Phi) is 3.89. The van der Waals surface area contributed by atoms with Crippen molar-refractivity contribution >= 4 is 39.7 Å². The van der Waals surface area contributed by atoms with E-state index in [9.17, 15) is 4.79 Å². The number of ether oxygens (including phenoxy) is 2. The molecule has 1 aliphatic rings. The van der Waals surface area contributed by atoms with E-state index >= 15 is 0 Å². The van der Waals surface area contributed by atoms with E-state index in [1.807, 2.05) is 11.0 Å². The Bertz CT molecular complexity index is 947. The van der Waals surface area contributed by atoms with Crippen molar-refractivity contribution in [2.45, 2.75) is 6.92 Å². The van der Waals surface area contributed by atoms with Gasteiger partial charge in [-0.15, -0.1) is 0 Å². The monoisotopic (exact) mass is 342 g/mol. The normalized spacial score (nSPS) is 15.0.